The zero-order valence-corrected chi connectivity index (χ0v) is 11.6. The highest BCUT2D eigenvalue weighted by Gasteiger charge is 2.23. The van der Waals surface area contributed by atoms with Crippen LogP contribution in [-0.4, -0.2) is 29.5 Å². The summed E-state index contributed by atoms with van der Waals surface area (Å²) in [6.45, 7) is 1.85. The van der Waals surface area contributed by atoms with Crippen molar-refractivity contribution in [1.29, 1.82) is 0 Å². The van der Waals surface area contributed by atoms with Crippen LogP contribution in [0.2, 0.25) is 0 Å². The maximum absolute atomic E-state index is 11.5. The van der Waals surface area contributed by atoms with E-state index in [-0.39, 0.29) is 12.5 Å². The van der Waals surface area contributed by atoms with Gasteiger partial charge in [0.2, 0.25) is 0 Å². The van der Waals surface area contributed by atoms with Crippen molar-refractivity contribution in [2.75, 3.05) is 6.61 Å². The van der Waals surface area contributed by atoms with Crippen LogP contribution in [0.3, 0.4) is 0 Å². The number of carbonyl (C=O) groups excluding carboxylic acids is 1. The van der Waals surface area contributed by atoms with Crippen molar-refractivity contribution < 1.29 is 14.7 Å². The first-order valence-electron chi connectivity index (χ1n) is 6.86. The van der Waals surface area contributed by atoms with Gasteiger partial charge in [-0.25, -0.2) is 0 Å². The van der Waals surface area contributed by atoms with E-state index in [9.17, 15) is 4.79 Å². The molecular formula is C15H20N2O3. The van der Waals surface area contributed by atoms with E-state index in [1.165, 1.54) is 0 Å². The van der Waals surface area contributed by atoms with Gasteiger partial charge in [-0.15, -0.1) is 0 Å². The van der Waals surface area contributed by atoms with Gasteiger partial charge in [-0.3, -0.25) is 4.79 Å². The highest BCUT2D eigenvalue weighted by Crippen LogP contribution is 2.18. The molecule has 0 radical (unpaired) electrons. The van der Waals surface area contributed by atoms with Crippen molar-refractivity contribution in [2.45, 2.75) is 38.6 Å². The predicted octanol–water partition coefficient (Wildman–Crippen LogP) is 2.13. The fourth-order valence-corrected chi connectivity index (χ4v) is 1.77. The lowest BCUT2D eigenvalue weighted by Gasteiger charge is -2.07. The van der Waals surface area contributed by atoms with E-state index >= 15 is 0 Å². The number of hydrogen-bond donors (Lipinski definition) is 2. The molecule has 0 aliphatic heterocycles. The zero-order valence-electron chi connectivity index (χ0n) is 11.6. The Morgan fingerprint density at radius 1 is 1.40 bits per heavy atom. The third-order valence-corrected chi connectivity index (χ3v) is 3.18. The van der Waals surface area contributed by atoms with Crippen molar-refractivity contribution >= 4 is 11.6 Å². The molecule has 5 nitrogen and oxygen atoms in total. The van der Waals surface area contributed by atoms with Gasteiger partial charge in [-0.2, -0.15) is 0 Å². The number of nitrogens with one attached hydrogen (secondary N) is 1. The number of aryl methyl sites for hydroxylation is 1. The topological polar surface area (TPSA) is 70.9 Å². The van der Waals surface area contributed by atoms with Gasteiger partial charge in [0.1, 0.15) is 5.75 Å². The van der Waals surface area contributed by atoms with Crippen LogP contribution in [0, 0.1) is 0 Å². The number of hydrogen-bond acceptors (Lipinski definition) is 4. The molecule has 1 fully saturated rings. The molecule has 1 aliphatic rings. The second-order valence-electron chi connectivity index (χ2n) is 5.11. The number of amides is 1. The van der Waals surface area contributed by atoms with E-state index in [1.54, 1.807) is 6.92 Å². The summed E-state index contributed by atoms with van der Waals surface area (Å²) in [7, 11) is 0. The Labute approximate surface area is 118 Å². The molecule has 2 rings (SSSR count). The summed E-state index contributed by atoms with van der Waals surface area (Å²) >= 11 is 0. The smallest absolute Gasteiger partial charge is 0.258 e. The van der Waals surface area contributed by atoms with Crippen molar-refractivity contribution in [2.24, 2.45) is 5.16 Å². The van der Waals surface area contributed by atoms with Crippen LogP contribution in [0.15, 0.2) is 29.4 Å². The van der Waals surface area contributed by atoms with Gasteiger partial charge in [0, 0.05) is 6.04 Å². The molecule has 0 aromatic heterocycles. The fourth-order valence-electron chi connectivity index (χ4n) is 1.77. The Bertz CT molecular complexity index is 478. The number of rotatable bonds is 7. The molecule has 108 valence electrons. The van der Waals surface area contributed by atoms with Crippen molar-refractivity contribution in [3.05, 3.63) is 29.8 Å². The van der Waals surface area contributed by atoms with Crippen LogP contribution in [0.1, 0.15) is 31.7 Å². The predicted molar refractivity (Wildman–Crippen MR) is 76.3 cm³/mol. The number of benzene rings is 1. The first kappa shape index (κ1) is 14.4. The van der Waals surface area contributed by atoms with E-state index in [0.717, 1.165) is 31.2 Å². The molecule has 20 heavy (non-hydrogen) atoms. The molecule has 1 amide bonds. The van der Waals surface area contributed by atoms with Gasteiger partial charge < -0.3 is 15.3 Å². The highest BCUT2D eigenvalue weighted by molar-refractivity contribution is 5.81. The highest BCUT2D eigenvalue weighted by atomic mass is 16.5. The Balaban J connectivity index is 1.74. The van der Waals surface area contributed by atoms with Gasteiger partial charge in [0.15, 0.2) is 6.61 Å². The molecule has 0 bridgehead atoms. The van der Waals surface area contributed by atoms with Gasteiger partial charge in [0.25, 0.3) is 5.91 Å². The molecule has 0 unspecified atom stereocenters. The monoisotopic (exact) mass is 276 g/mol. The van der Waals surface area contributed by atoms with Gasteiger partial charge >= 0.3 is 0 Å². The summed E-state index contributed by atoms with van der Waals surface area (Å²) in [6.07, 6.45) is 3.70. The average molecular weight is 276 g/mol. The average Bonchev–Trinajstić information content (AvgIpc) is 3.27. The first-order chi connectivity index (χ1) is 9.67. The lowest BCUT2D eigenvalue weighted by molar-refractivity contribution is -0.123. The van der Waals surface area contributed by atoms with Crippen molar-refractivity contribution in [1.82, 2.24) is 5.32 Å². The minimum atomic E-state index is -0.0636. The second kappa shape index (κ2) is 6.93. The molecule has 0 atom stereocenters. The van der Waals surface area contributed by atoms with E-state index in [1.807, 2.05) is 24.3 Å². The second-order valence-corrected chi connectivity index (χ2v) is 5.11. The SMILES string of the molecule is C/C(CCc1ccc(OCC(=O)NC2CC2)cc1)=N\O. The number of nitrogens with zero attached hydrogens (tertiary/aromatic N) is 1. The number of ether oxygens (including phenoxy) is 1. The summed E-state index contributed by atoms with van der Waals surface area (Å²) in [5.41, 5.74) is 1.85. The van der Waals surface area contributed by atoms with Gasteiger partial charge in [-0.1, -0.05) is 17.3 Å². The third kappa shape index (κ3) is 4.91. The number of oxime groups is 1. The molecule has 1 aromatic carbocycles. The quantitative estimate of drug-likeness (QED) is 0.455. The fraction of sp³-hybridized carbons (Fsp3) is 0.467. The van der Waals surface area contributed by atoms with E-state index < -0.39 is 0 Å². The van der Waals surface area contributed by atoms with Crippen LogP contribution in [0.5, 0.6) is 5.75 Å². The molecule has 0 saturated heterocycles. The van der Waals surface area contributed by atoms with Crippen LogP contribution >= 0.6 is 0 Å². The largest absolute Gasteiger partial charge is 0.484 e. The van der Waals surface area contributed by atoms with Gasteiger partial charge in [-0.05, 0) is 50.3 Å². The molecule has 2 N–H and O–H groups in total. The van der Waals surface area contributed by atoms with E-state index in [2.05, 4.69) is 10.5 Å². The van der Waals surface area contributed by atoms with Crippen molar-refractivity contribution in [3.8, 4) is 5.75 Å². The minimum Gasteiger partial charge on any atom is -0.484 e. The van der Waals surface area contributed by atoms with Crippen LogP contribution in [-0.2, 0) is 11.2 Å². The molecule has 0 spiro atoms. The van der Waals surface area contributed by atoms with Crippen molar-refractivity contribution in [3.63, 3.8) is 0 Å². The summed E-state index contributed by atoms with van der Waals surface area (Å²) in [5.74, 6) is 0.624. The molecule has 0 heterocycles. The third-order valence-electron chi connectivity index (χ3n) is 3.18. The summed E-state index contributed by atoms with van der Waals surface area (Å²) in [5, 5.41) is 14.6. The molecule has 1 aromatic rings. The standard InChI is InChI=1S/C15H20N2O3/c1-11(17-19)2-3-12-4-8-14(9-5-12)20-10-15(18)16-13-6-7-13/h4-5,8-9,13,19H,2-3,6-7,10H2,1H3,(H,16,18)/b17-11+. The molecule has 5 heteroatoms. The summed E-state index contributed by atoms with van der Waals surface area (Å²) in [4.78, 5) is 11.5. The molecule has 1 saturated carbocycles. The Morgan fingerprint density at radius 2 is 2.10 bits per heavy atom. The zero-order chi connectivity index (χ0) is 14.4. The van der Waals surface area contributed by atoms with Crippen LogP contribution in [0.4, 0.5) is 0 Å². The Morgan fingerprint density at radius 3 is 2.70 bits per heavy atom. The number of carbonyl (C=O) groups is 1. The van der Waals surface area contributed by atoms with E-state index in [0.29, 0.717) is 17.5 Å². The molecular weight excluding hydrogens is 256 g/mol. The first-order valence-corrected chi connectivity index (χ1v) is 6.86. The van der Waals surface area contributed by atoms with Crippen LogP contribution in [0.25, 0.3) is 0 Å². The Kier molecular flexibility index (Phi) is 4.98. The van der Waals surface area contributed by atoms with Gasteiger partial charge in [0.05, 0.1) is 5.71 Å². The molecule has 1 aliphatic carbocycles. The maximum Gasteiger partial charge on any atom is 0.258 e. The summed E-state index contributed by atoms with van der Waals surface area (Å²) < 4.78 is 5.42. The minimum absolute atomic E-state index is 0.0616. The summed E-state index contributed by atoms with van der Waals surface area (Å²) in [6, 6.07) is 7.98. The van der Waals surface area contributed by atoms with Crippen LogP contribution < -0.4 is 10.1 Å². The lowest BCUT2D eigenvalue weighted by atomic mass is 10.1. The maximum atomic E-state index is 11.5. The lowest BCUT2D eigenvalue weighted by Crippen LogP contribution is -2.30. The van der Waals surface area contributed by atoms with E-state index in [4.69, 9.17) is 9.94 Å². The Hall–Kier alpha value is -2.04. The normalized spacial score (nSPS) is 14.9.